The number of rotatable bonds is 6. The molecule has 0 radical (unpaired) electrons. The molecule has 0 bridgehead atoms. The number of alkyl halides is 3. The van der Waals surface area contributed by atoms with Crippen LogP contribution in [0.5, 0.6) is 0 Å². The Kier molecular flexibility index (Phi) is 8.08. The van der Waals surface area contributed by atoms with E-state index in [4.69, 9.17) is 0 Å². The van der Waals surface area contributed by atoms with Crippen LogP contribution in [0.3, 0.4) is 0 Å². The number of carbonyl (C=O) groups excluding carboxylic acids is 1. The molecule has 1 atom stereocenters. The van der Waals surface area contributed by atoms with Crippen molar-refractivity contribution in [2.24, 2.45) is 5.92 Å². The fourth-order valence-electron chi connectivity index (χ4n) is 2.82. The van der Waals surface area contributed by atoms with Gasteiger partial charge in [0.25, 0.3) is 0 Å². The Bertz CT molecular complexity index is 980. The van der Waals surface area contributed by atoms with Crippen molar-refractivity contribution in [2.75, 3.05) is 0 Å². The average molecular weight is 420 g/mol. The van der Waals surface area contributed by atoms with Crippen molar-refractivity contribution in [3.8, 4) is 11.3 Å². The second-order valence-electron chi connectivity index (χ2n) is 7.06. The summed E-state index contributed by atoms with van der Waals surface area (Å²) in [5.74, 6) is -0.527. The number of fused-ring (bicyclic) bond motifs is 1. The zero-order valence-electron chi connectivity index (χ0n) is 17.7. The van der Waals surface area contributed by atoms with E-state index in [0.717, 1.165) is 12.3 Å². The molecule has 3 aromatic rings. The summed E-state index contributed by atoms with van der Waals surface area (Å²) in [5, 5.41) is 4.14. The van der Waals surface area contributed by atoms with E-state index in [2.05, 4.69) is 28.9 Å². The van der Waals surface area contributed by atoms with Crippen LogP contribution in [0.4, 0.5) is 13.2 Å². The number of pyridine rings is 1. The minimum atomic E-state index is -4.58. The first-order chi connectivity index (χ1) is 14.2. The third-order valence-corrected chi connectivity index (χ3v) is 4.72. The molecule has 0 amide bonds. The van der Waals surface area contributed by atoms with Crippen LogP contribution in [-0.4, -0.2) is 25.4 Å². The molecule has 162 valence electrons. The number of unbranched alkanes of at least 4 members (excludes halogenated alkanes) is 2. The number of aromatic nitrogens is 4. The lowest BCUT2D eigenvalue weighted by molar-refractivity contribution is -0.141. The van der Waals surface area contributed by atoms with Gasteiger partial charge in [-0.05, 0) is 30.7 Å². The normalized spacial score (nSPS) is 12.4. The number of hydrogen-bond donors (Lipinski definition) is 0. The molecule has 3 aromatic heterocycles. The van der Waals surface area contributed by atoms with Gasteiger partial charge in [0, 0.05) is 23.9 Å². The lowest BCUT2D eigenvalue weighted by Crippen LogP contribution is -2.13. The lowest BCUT2D eigenvalue weighted by Gasteiger charge is -2.10. The minimum Gasteiger partial charge on any atom is -0.292 e. The molecular weight excluding hydrogens is 393 g/mol. The number of nitrogens with zero attached hydrogens (tertiary/aromatic N) is 4. The van der Waals surface area contributed by atoms with Crippen molar-refractivity contribution in [2.45, 2.75) is 59.6 Å². The van der Waals surface area contributed by atoms with Crippen LogP contribution < -0.4 is 0 Å². The first-order valence-corrected chi connectivity index (χ1v) is 10.2. The van der Waals surface area contributed by atoms with Crippen molar-refractivity contribution < 1.29 is 18.0 Å². The minimum absolute atomic E-state index is 0.118. The van der Waals surface area contributed by atoms with E-state index in [1.54, 1.807) is 19.1 Å². The molecule has 0 aliphatic carbocycles. The molecule has 3 heterocycles. The second kappa shape index (κ2) is 10.3. The van der Waals surface area contributed by atoms with Gasteiger partial charge < -0.3 is 0 Å². The molecule has 0 aromatic carbocycles. The molecule has 0 N–H and O–H groups in total. The van der Waals surface area contributed by atoms with E-state index in [9.17, 15) is 18.0 Å². The Morgan fingerprint density at radius 1 is 1.13 bits per heavy atom. The molecule has 0 spiro atoms. The first-order valence-electron chi connectivity index (χ1n) is 10.2. The van der Waals surface area contributed by atoms with Gasteiger partial charge in [0.1, 0.15) is 17.1 Å². The summed E-state index contributed by atoms with van der Waals surface area (Å²) in [6, 6.07) is 5.62. The summed E-state index contributed by atoms with van der Waals surface area (Å²) in [6.45, 7) is 8.05. The highest BCUT2D eigenvalue weighted by Crippen LogP contribution is 2.32. The Morgan fingerprint density at radius 2 is 1.83 bits per heavy atom. The molecule has 5 nitrogen and oxygen atoms in total. The third kappa shape index (κ3) is 5.43. The quantitative estimate of drug-likeness (QED) is 0.443. The van der Waals surface area contributed by atoms with E-state index >= 15 is 0 Å². The predicted molar refractivity (Wildman–Crippen MR) is 110 cm³/mol. The average Bonchev–Trinajstić information content (AvgIpc) is 3.12. The maximum atomic E-state index is 13.0. The van der Waals surface area contributed by atoms with Crippen LogP contribution in [0.15, 0.2) is 36.7 Å². The van der Waals surface area contributed by atoms with Gasteiger partial charge in [-0.1, -0.05) is 47.0 Å². The standard InChI is InChI=1S/C17H15F3N4O.C5H12/c1-3-10(2)16(25)14-15(24-13(23-14)5-4-7-22-24)11-6-8-21-12(9-11)17(18,19)20;1-3-5-4-2/h4-10H,3H2,1-2H3;3-5H2,1-2H3. The van der Waals surface area contributed by atoms with Gasteiger partial charge in [0.2, 0.25) is 0 Å². The summed E-state index contributed by atoms with van der Waals surface area (Å²) < 4.78 is 40.4. The smallest absolute Gasteiger partial charge is 0.292 e. The number of halogens is 3. The van der Waals surface area contributed by atoms with Crippen LogP contribution in [0, 0.1) is 5.92 Å². The van der Waals surface area contributed by atoms with Crippen molar-refractivity contribution >= 4 is 11.4 Å². The van der Waals surface area contributed by atoms with Gasteiger partial charge in [0.15, 0.2) is 11.4 Å². The van der Waals surface area contributed by atoms with E-state index in [1.807, 2.05) is 6.92 Å². The zero-order valence-corrected chi connectivity index (χ0v) is 17.7. The van der Waals surface area contributed by atoms with Crippen LogP contribution in [0.25, 0.3) is 16.9 Å². The zero-order chi connectivity index (χ0) is 22.3. The van der Waals surface area contributed by atoms with Gasteiger partial charge in [0.05, 0.1) is 0 Å². The van der Waals surface area contributed by atoms with E-state index < -0.39 is 11.9 Å². The number of imidazole rings is 1. The van der Waals surface area contributed by atoms with Gasteiger partial charge in [-0.15, -0.1) is 0 Å². The van der Waals surface area contributed by atoms with Crippen LogP contribution in [-0.2, 0) is 6.18 Å². The van der Waals surface area contributed by atoms with Gasteiger partial charge in [-0.25, -0.2) is 9.50 Å². The van der Waals surface area contributed by atoms with E-state index in [1.165, 1.54) is 36.0 Å². The van der Waals surface area contributed by atoms with Gasteiger partial charge >= 0.3 is 6.18 Å². The van der Waals surface area contributed by atoms with Crippen LogP contribution in [0.1, 0.15) is 69.6 Å². The summed E-state index contributed by atoms with van der Waals surface area (Å²) in [7, 11) is 0. The number of carbonyl (C=O) groups is 1. The lowest BCUT2D eigenvalue weighted by atomic mass is 9.98. The Labute approximate surface area is 174 Å². The topological polar surface area (TPSA) is 60.2 Å². The number of Topliss-reactive ketones (excluding diaryl/α,β-unsaturated/α-hetero) is 1. The Balaban J connectivity index is 0.000000575. The Morgan fingerprint density at radius 3 is 2.40 bits per heavy atom. The highest BCUT2D eigenvalue weighted by Gasteiger charge is 2.33. The molecule has 8 heteroatoms. The highest BCUT2D eigenvalue weighted by molar-refractivity contribution is 6.02. The molecular formula is C22H27F3N4O. The monoisotopic (exact) mass is 420 g/mol. The second-order valence-corrected chi connectivity index (χ2v) is 7.06. The van der Waals surface area contributed by atoms with E-state index in [-0.39, 0.29) is 28.7 Å². The van der Waals surface area contributed by atoms with E-state index in [0.29, 0.717) is 12.1 Å². The van der Waals surface area contributed by atoms with Gasteiger partial charge in [-0.2, -0.15) is 18.3 Å². The summed E-state index contributed by atoms with van der Waals surface area (Å²) in [4.78, 5) is 20.3. The maximum absolute atomic E-state index is 13.0. The SMILES string of the molecule is CCC(C)C(=O)c1nc2cccnn2c1-c1ccnc(C(F)(F)F)c1.CCCCC. The Hall–Kier alpha value is -2.77. The molecule has 30 heavy (non-hydrogen) atoms. The predicted octanol–water partition coefficient (Wildman–Crippen LogP) is 6.24. The molecule has 0 aliphatic heterocycles. The first kappa shape index (κ1) is 23.5. The number of hydrogen-bond acceptors (Lipinski definition) is 4. The van der Waals surface area contributed by atoms with Crippen molar-refractivity contribution in [3.63, 3.8) is 0 Å². The van der Waals surface area contributed by atoms with Crippen molar-refractivity contribution in [1.29, 1.82) is 0 Å². The third-order valence-electron chi connectivity index (χ3n) is 4.72. The fraction of sp³-hybridized carbons (Fsp3) is 0.455. The van der Waals surface area contributed by atoms with Crippen molar-refractivity contribution in [3.05, 3.63) is 48.0 Å². The van der Waals surface area contributed by atoms with Crippen LogP contribution >= 0.6 is 0 Å². The molecule has 3 rings (SSSR count). The van der Waals surface area contributed by atoms with Gasteiger partial charge in [-0.3, -0.25) is 9.78 Å². The maximum Gasteiger partial charge on any atom is 0.433 e. The molecule has 0 fully saturated rings. The van der Waals surface area contributed by atoms with Crippen molar-refractivity contribution in [1.82, 2.24) is 19.6 Å². The summed E-state index contributed by atoms with van der Waals surface area (Å²) in [6.07, 6.45) is 2.65. The number of ketones is 1. The summed E-state index contributed by atoms with van der Waals surface area (Å²) in [5.41, 5.74) is -0.0753. The molecule has 1 unspecified atom stereocenters. The molecule has 0 aliphatic rings. The molecule has 0 saturated carbocycles. The summed E-state index contributed by atoms with van der Waals surface area (Å²) >= 11 is 0. The fourth-order valence-corrected chi connectivity index (χ4v) is 2.82. The van der Waals surface area contributed by atoms with Crippen LogP contribution in [0.2, 0.25) is 0 Å². The molecule has 0 saturated heterocycles. The highest BCUT2D eigenvalue weighted by atomic mass is 19.4. The largest absolute Gasteiger partial charge is 0.433 e.